The van der Waals surface area contributed by atoms with Gasteiger partial charge in [0, 0.05) is 22.0 Å². The molecule has 0 saturated carbocycles. The first-order valence-electron chi connectivity index (χ1n) is 4.61. The van der Waals surface area contributed by atoms with E-state index in [1.165, 1.54) is 0 Å². The third kappa shape index (κ3) is 4.49. The predicted molar refractivity (Wildman–Crippen MR) is 96.2 cm³/mol. The maximum Gasteiger partial charge on any atom is 0.232 e. The molecule has 0 fully saturated rings. The summed E-state index contributed by atoms with van der Waals surface area (Å²) in [5.74, 6) is 0.0453. The number of hydrogen-bond acceptors (Lipinski definition) is 2. The van der Waals surface area contributed by atoms with Gasteiger partial charge in [0.25, 0.3) is 0 Å². The van der Waals surface area contributed by atoms with Crippen LogP contribution in [0, 0.1) is 10.7 Å². The zero-order chi connectivity index (χ0) is 13.2. The maximum absolute atomic E-state index is 11.5. The molecule has 94 valence electrons. The van der Waals surface area contributed by atoms with E-state index in [0.717, 1.165) is 16.3 Å². The molecule has 17 heavy (non-hydrogen) atoms. The summed E-state index contributed by atoms with van der Waals surface area (Å²) in [5, 5.41) is 0. The molecular weight excluding hydrogens is 579 g/mol. The number of nitrogens with one attached hydrogen (secondary N) is 1. The molecule has 0 amide bonds. The lowest BCUT2D eigenvalue weighted by molar-refractivity contribution is 0.593. The second-order valence-corrected chi connectivity index (χ2v) is 8.73. The van der Waals surface area contributed by atoms with Crippen LogP contribution < -0.4 is 4.72 Å². The van der Waals surface area contributed by atoms with Gasteiger partial charge in [-0.2, -0.15) is 0 Å². The highest BCUT2D eigenvalue weighted by atomic mass is 127. The van der Waals surface area contributed by atoms with Crippen LogP contribution in [0.5, 0.6) is 0 Å². The molecule has 1 N–H and O–H groups in total. The molecule has 0 bridgehead atoms. The molecule has 0 aliphatic rings. The van der Waals surface area contributed by atoms with Crippen molar-refractivity contribution in [1.82, 2.24) is 4.72 Å². The Morgan fingerprint density at radius 3 is 2.47 bits per heavy atom. The van der Waals surface area contributed by atoms with E-state index in [9.17, 15) is 8.42 Å². The van der Waals surface area contributed by atoms with Gasteiger partial charge in [0.15, 0.2) is 0 Å². The van der Waals surface area contributed by atoms with Crippen LogP contribution in [-0.4, -0.2) is 14.2 Å². The number of sulfonamides is 1. The molecule has 0 saturated heterocycles. The van der Waals surface area contributed by atoms with Crippen LogP contribution in [-0.2, 0) is 10.0 Å². The molecular formula is C10H10I3NO2S. The van der Waals surface area contributed by atoms with Crippen LogP contribution in [0.25, 0.3) is 5.70 Å². The van der Waals surface area contributed by atoms with Crippen LogP contribution in [0.4, 0.5) is 0 Å². The Labute approximate surface area is 142 Å². The van der Waals surface area contributed by atoms with E-state index < -0.39 is 10.0 Å². The summed E-state index contributed by atoms with van der Waals surface area (Å²) in [4.78, 5) is 0. The van der Waals surface area contributed by atoms with E-state index in [2.05, 4.69) is 79.1 Å². The van der Waals surface area contributed by atoms with E-state index in [1.807, 2.05) is 12.1 Å². The van der Waals surface area contributed by atoms with Crippen LogP contribution >= 0.6 is 67.8 Å². The second kappa shape index (κ2) is 6.37. The van der Waals surface area contributed by atoms with E-state index in [1.54, 1.807) is 6.92 Å². The van der Waals surface area contributed by atoms with Gasteiger partial charge in [-0.05, 0) is 86.8 Å². The fraction of sp³-hybridized carbons (Fsp3) is 0.200. The average Bonchev–Trinajstić information content (AvgIpc) is 2.22. The van der Waals surface area contributed by atoms with E-state index in [0.29, 0.717) is 5.70 Å². The smallest absolute Gasteiger partial charge is 0.232 e. The number of rotatable bonds is 4. The third-order valence-corrected chi connectivity index (χ3v) is 6.96. The third-order valence-electron chi connectivity index (χ3n) is 1.98. The highest BCUT2D eigenvalue weighted by Gasteiger charge is 2.13. The highest BCUT2D eigenvalue weighted by Crippen LogP contribution is 2.26. The van der Waals surface area contributed by atoms with Crippen LogP contribution in [0.15, 0.2) is 18.7 Å². The summed E-state index contributed by atoms with van der Waals surface area (Å²) in [7, 11) is -3.27. The highest BCUT2D eigenvalue weighted by molar-refractivity contribution is 14.1. The Morgan fingerprint density at radius 2 is 1.94 bits per heavy atom. The summed E-state index contributed by atoms with van der Waals surface area (Å²) in [5.41, 5.74) is 1.26. The minimum Gasteiger partial charge on any atom is -0.284 e. The van der Waals surface area contributed by atoms with Crippen molar-refractivity contribution in [3.8, 4) is 0 Å². The van der Waals surface area contributed by atoms with E-state index in [-0.39, 0.29) is 5.75 Å². The van der Waals surface area contributed by atoms with Gasteiger partial charge < -0.3 is 0 Å². The zero-order valence-electron chi connectivity index (χ0n) is 8.93. The lowest BCUT2D eigenvalue weighted by Gasteiger charge is -2.12. The van der Waals surface area contributed by atoms with E-state index >= 15 is 0 Å². The largest absolute Gasteiger partial charge is 0.284 e. The Kier molecular flexibility index (Phi) is 5.98. The SMILES string of the molecule is C=C(NS(=O)(=O)CC)c1cc(I)cc(I)c1I. The summed E-state index contributed by atoms with van der Waals surface area (Å²) in [6, 6.07) is 3.96. The van der Waals surface area contributed by atoms with Gasteiger partial charge >= 0.3 is 0 Å². The van der Waals surface area contributed by atoms with Crippen LogP contribution in [0.3, 0.4) is 0 Å². The quantitative estimate of drug-likeness (QED) is 0.433. The molecule has 0 aromatic heterocycles. The molecule has 3 nitrogen and oxygen atoms in total. The van der Waals surface area contributed by atoms with Crippen molar-refractivity contribution in [2.24, 2.45) is 0 Å². The first kappa shape index (κ1) is 16.0. The zero-order valence-corrected chi connectivity index (χ0v) is 16.2. The molecule has 1 aromatic rings. The Hall–Kier alpha value is 0.900. The van der Waals surface area contributed by atoms with Gasteiger partial charge in [0.05, 0.1) is 5.75 Å². The minimum absolute atomic E-state index is 0.0453. The summed E-state index contributed by atoms with van der Waals surface area (Å²) < 4.78 is 28.6. The van der Waals surface area contributed by atoms with Gasteiger partial charge in [0.2, 0.25) is 10.0 Å². The van der Waals surface area contributed by atoms with Crippen LogP contribution in [0.2, 0.25) is 0 Å². The molecule has 0 heterocycles. The van der Waals surface area contributed by atoms with Gasteiger partial charge in [-0.1, -0.05) is 6.58 Å². The molecule has 1 aromatic carbocycles. The van der Waals surface area contributed by atoms with Gasteiger partial charge in [-0.25, -0.2) is 8.42 Å². The van der Waals surface area contributed by atoms with Crippen molar-refractivity contribution in [3.05, 3.63) is 35.0 Å². The lowest BCUT2D eigenvalue weighted by atomic mass is 10.2. The molecule has 0 aliphatic carbocycles. The van der Waals surface area contributed by atoms with Crippen molar-refractivity contribution < 1.29 is 8.42 Å². The maximum atomic E-state index is 11.5. The summed E-state index contributed by atoms with van der Waals surface area (Å²) >= 11 is 6.62. The van der Waals surface area contributed by atoms with Crippen molar-refractivity contribution in [2.75, 3.05) is 5.75 Å². The first-order valence-corrected chi connectivity index (χ1v) is 9.50. The molecule has 0 unspecified atom stereocenters. The first-order chi connectivity index (χ1) is 7.76. The number of hydrogen-bond donors (Lipinski definition) is 1. The molecule has 7 heteroatoms. The minimum atomic E-state index is -3.27. The fourth-order valence-corrected chi connectivity index (χ4v) is 4.20. The van der Waals surface area contributed by atoms with Gasteiger partial charge in [-0.15, -0.1) is 0 Å². The van der Waals surface area contributed by atoms with Crippen molar-refractivity contribution in [2.45, 2.75) is 6.92 Å². The lowest BCUT2D eigenvalue weighted by Crippen LogP contribution is -2.23. The summed E-state index contributed by atoms with van der Waals surface area (Å²) in [6.45, 7) is 5.40. The standard InChI is InChI=1S/C10H10I3NO2S/c1-3-17(15,16)14-6(2)8-4-7(11)5-9(12)10(8)13/h4-5,14H,2-3H2,1H3. The molecule has 0 atom stereocenters. The van der Waals surface area contributed by atoms with Crippen LogP contribution in [0.1, 0.15) is 12.5 Å². The Morgan fingerprint density at radius 1 is 1.35 bits per heavy atom. The van der Waals surface area contributed by atoms with Crippen molar-refractivity contribution >= 4 is 83.5 Å². The second-order valence-electron chi connectivity index (χ2n) is 3.23. The van der Waals surface area contributed by atoms with Crippen molar-refractivity contribution in [3.63, 3.8) is 0 Å². The fourth-order valence-electron chi connectivity index (χ4n) is 1.09. The summed E-state index contributed by atoms with van der Waals surface area (Å²) in [6.07, 6.45) is 0. The number of halogens is 3. The van der Waals surface area contributed by atoms with Crippen molar-refractivity contribution in [1.29, 1.82) is 0 Å². The molecule has 1 rings (SSSR count). The normalized spacial score (nSPS) is 11.3. The topological polar surface area (TPSA) is 46.2 Å². The predicted octanol–water partition coefficient (Wildman–Crippen LogP) is 3.41. The molecule has 0 spiro atoms. The Bertz CT molecular complexity index is 555. The monoisotopic (exact) mass is 589 g/mol. The van der Waals surface area contributed by atoms with E-state index in [4.69, 9.17) is 0 Å². The van der Waals surface area contributed by atoms with Gasteiger partial charge in [0.1, 0.15) is 0 Å². The molecule has 0 aliphatic heterocycles. The van der Waals surface area contributed by atoms with Gasteiger partial charge in [-0.3, -0.25) is 4.72 Å². The number of benzene rings is 1. The average molecular weight is 589 g/mol. The molecule has 0 radical (unpaired) electrons. The Balaban J connectivity index is 3.14.